The Balaban J connectivity index is 4.46. The van der Waals surface area contributed by atoms with Crippen LogP contribution in [-0.4, -0.2) is 70.0 Å². The van der Waals surface area contributed by atoms with E-state index in [0.717, 1.165) is 32.1 Å². The van der Waals surface area contributed by atoms with E-state index in [2.05, 4.69) is 13.8 Å². The molecule has 0 fully saturated rings. The zero-order chi connectivity index (χ0) is 32.9. The molecule has 0 aliphatic rings. The molecular weight excluding hydrogens is 581 g/mol. The van der Waals surface area contributed by atoms with Crippen molar-refractivity contribution in [3.63, 3.8) is 0 Å². The number of hydrogen-bond acceptors (Lipinski definition) is 8. The van der Waals surface area contributed by atoms with E-state index >= 15 is 0 Å². The van der Waals surface area contributed by atoms with Gasteiger partial charge in [-0.05, 0) is 12.8 Å². The van der Waals surface area contributed by atoms with Gasteiger partial charge in [-0.15, -0.1) is 0 Å². The number of carbonyl (C=O) groups is 2. The third kappa shape index (κ3) is 31.0. The second kappa shape index (κ2) is 28.3. The Labute approximate surface area is 270 Å². The largest absolute Gasteiger partial charge is 0.756 e. The summed E-state index contributed by atoms with van der Waals surface area (Å²) in [5.41, 5.74) is 0. The van der Waals surface area contributed by atoms with E-state index in [1.165, 1.54) is 89.9 Å². The lowest BCUT2D eigenvalue weighted by atomic mass is 10.0. The quantitative estimate of drug-likeness (QED) is 0.0310. The third-order valence-corrected chi connectivity index (χ3v) is 8.59. The van der Waals surface area contributed by atoms with E-state index in [0.29, 0.717) is 17.4 Å². The van der Waals surface area contributed by atoms with Crippen molar-refractivity contribution in [2.45, 2.75) is 161 Å². The first-order chi connectivity index (χ1) is 21.0. The van der Waals surface area contributed by atoms with Gasteiger partial charge in [0, 0.05) is 12.8 Å². The maximum Gasteiger partial charge on any atom is 0.306 e. The summed E-state index contributed by atoms with van der Waals surface area (Å²) in [6.07, 6.45) is 22.8. The highest BCUT2D eigenvalue weighted by atomic mass is 31.2. The topological polar surface area (TPSA) is 111 Å². The fourth-order valence-corrected chi connectivity index (χ4v) is 5.50. The normalized spacial score (nSPS) is 13.9. The molecular formula is C34H68NO8P. The molecule has 0 rings (SSSR count). The molecule has 0 spiro atoms. The summed E-state index contributed by atoms with van der Waals surface area (Å²) in [6.45, 7) is 4.18. The van der Waals surface area contributed by atoms with Crippen LogP contribution in [-0.2, 0) is 32.7 Å². The molecule has 0 aromatic rings. The van der Waals surface area contributed by atoms with E-state index in [4.69, 9.17) is 18.5 Å². The monoisotopic (exact) mass is 649 g/mol. The maximum atomic E-state index is 12.5. The van der Waals surface area contributed by atoms with Gasteiger partial charge in [-0.3, -0.25) is 14.2 Å². The van der Waals surface area contributed by atoms with Crippen LogP contribution in [0.15, 0.2) is 0 Å². The highest BCUT2D eigenvalue weighted by Gasteiger charge is 2.21. The summed E-state index contributed by atoms with van der Waals surface area (Å²) in [6, 6.07) is 0. The van der Waals surface area contributed by atoms with Crippen LogP contribution in [0.4, 0.5) is 0 Å². The molecule has 0 aromatic heterocycles. The molecule has 0 saturated heterocycles. The average Bonchev–Trinajstić information content (AvgIpc) is 2.95. The van der Waals surface area contributed by atoms with Gasteiger partial charge in [0.1, 0.15) is 19.8 Å². The summed E-state index contributed by atoms with van der Waals surface area (Å²) in [5, 5.41) is 0. The van der Waals surface area contributed by atoms with Crippen LogP contribution in [0.1, 0.15) is 155 Å². The lowest BCUT2D eigenvalue weighted by molar-refractivity contribution is -0.870. The van der Waals surface area contributed by atoms with Crippen LogP contribution < -0.4 is 4.89 Å². The van der Waals surface area contributed by atoms with Crippen LogP contribution in [0, 0.1) is 0 Å². The number of ether oxygens (including phenoxy) is 2. The van der Waals surface area contributed by atoms with E-state index in [1.54, 1.807) is 0 Å². The zero-order valence-corrected chi connectivity index (χ0v) is 30.0. The van der Waals surface area contributed by atoms with Gasteiger partial charge in [0.25, 0.3) is 7.82 Å². The molecule has 44 heavy (non-hydrogen) atoms. The maximum absolute atomic E-state index is 12.5. The van der Waals surface area contributed by atoms with Gasteiger partial charge in [0.15, 0.2) is 6.10 Å². The minimum absolute atomic E-state index is 0.0265. The number of phosphoric acid groups is 1. The molecule has 0 saturated carbocycles. The van der Waals surface area contributed by atoms with Crippen LogP contribution in [0.5, 0.6) is 0 Å². The Morgan fingerprint density at radius 3 is 1.45 bits per heavy atom. The summed E-state index contributed by atoms with van der Waals surface area (Å²) in [5.74, 6) is -0.834. The minimum Gasteiger partial charge on any atom is -0.756 e. The number of carbonyl (C=O) groups excluding carboxylic acids is 2. The van der Waals surface area contributed by atoms with Gasteiger partial charge in [0.05, 0.1) is 27.7 Å². The van der Waals surface area contributed by atoms with Gasteiger partial charge < -0.3 is 27.9 Å². The highest BCUT2D eigenvalue weighted by molar-refractivity contribution is 7.45. The Hall–Kier alpha value is -0.990. The Morgan fingerprint density at radius 2 is 1.02 bits per heavy atom. The van der Waals surface area contributed by atoms with Crippen LogP contribution >= 0.6 is 7.82 Å². The number of unbranched alkanes of at least 4 members (excludes halogenated alkanes) is 18. The molecule has 0 bridgehead atoms. The van der Waals surface area contributed by atoms with Crippen molar-refractivity contribution in [3.05, 3.63) is 0 Å². The first-order valence-corrected chi connectivity index (χ1v) is 19.2. The second-order valence-corrected chi connectivity index (χ2v) is 14.7. The van der Waals surface area contributed by atoms with E-state index in [-0.39, 0.29) is 32.0 Å². The fraction of sp³-hybridized carbons (Fsp3) is 0.941. The molecule has 262 valence electrons. The summed E-state index contributed by atoms with van der Waals surface area (Å²) in [7, 11) is 1.17. The van der Waals surface area contributed by atoms with Crippen molar-refractivity contribution in [3.8, 4) is 0 Å². The van der Waals surface area contributed by atoms with Crippen molar-refractivity contribution in [2.24, 2.45) is 0 Å². The zero-order valence-electron chi connectivity index (χ0n) is 29.1. The van der Waals surface area contributed by atoms with Gasteiger partial charge in [-0.1, -0.05) is 129 Å². The van der Waals surface area contributed by atoms with Crippen molar-refractivity contribution >= 4 is 19.8 Å². The molecule has 0 amide bonds. The van der Waals surface area contributed by atoms with Gasteiger partial charge in [-0.25, -0.2) is 0 Å². The number of hydrogen-bond donors (Lipinski definition) is 0. The molecule has 0 heterocycles. The van der Waals surface area contributed by atoms with E-state index < -0.39 is 26.5 Å². The summed E-state index contributed by atoms with van der Waals surface area (Å²) < 4.78 is 33.6. The molecule has 0 aromatic carbocycles. The first kappa shape index (κ1) is 43.0. The summed E-state index contributed by atoms with van der Waals surface area (Å²) >= 11 is 0. The number of phosphoric ester groups is 1. The van der Waals surface area contributed by atoms with Crippen LogP contribution in [0.3, 0.4) is 0 Å². The van der Waals surface area contributed by atoms with Crippen molar-refractivity contribution in [1.82, 2.24) is 0 Å². The average molecular weight is 650 g/mol. The van der Waals surface area contributed by atoms with E-state index in [9.17, 15) is 19.0 Å². The second-order valence-electron chi connectivity index (χ2n) is 13.2. The van der Waals surface area contributed by atoms with Crippen molar-refractivity contribution < 1.29 is 42.1 Å². The Kier molecular flexibility index (Phi) is 27.6. The molecule has 0 aliphatic carbocycles. The van der Waals surface area contributed by atoms with Crippen molar-refractivity contribution in [1.29, 1.82) is 0 Å². The standard InChI is InChI=1S/C34H68NO8P/c1-6-8-10-12-14-16-17-18-19-21-23-25-27-34(37)43-32(31-42-44(38,39)41-29-28-35(3,4)5)30-40-33(36)26-24-22-20-15-13-11-9-7-2/h32H,6-31H2,1-5H3/t32-/m1/s1. The molecule has 0 radical (unpaired) electrons. The molecule has 10 heteroatoms. The first-order valence-electron chi connectivity index (χ1n) is 17.7. The molecule has 9 nitrogen and oxygen atoms in total. The highest BCUT2D eigenvalue weighted by Crippen LogP contribution is 2.38. The lowest BCUT2D eigenvalue weighted by Gasteiger charge is -2.28. The number of likely N-dealkylation sites (N-methyl/N-ethyl adjacent to an activating group) is 1. The number of rotatable bonds is 32. The molecule has 0 N–H and O–H groups in total. The third-order valence-electron chi connectivity index (χ3n) is 7.63. The van der Waals surface area contributed by atoms with Gasteiger partial charge in [-0.2, -0.15) is 0 Å². The predicted molar refractivity (Wildman–Crippen MR) is 176 cm³/mol. The lowest BCUT2D eigenvalue weighted by Crippen LogP contribution is -2.37. The molecule has 1 unspecified atom stereocenters. The fourth-order valence-electron chi connectivity index (χ4n) is 4.77. The Bertz CT molecular complexity index is 743. The number of esters is 2. The number of nitrogens with zero attached hydrogens (tertiary/aromatic N) is 1. The summed E-state index contributed by atoms with van der Waals surface area (Å²) in [4.78, 5) is 37.1. The van der Waals surface area contributed by atoms with Crippen molar-refractivity contribution in [2.75, 3.05) is 47.5 Å². The van der Waals surface area contributed by atoms with Gasteiger partial charge >= 0.3 is 11.9 Å². The predicted octanol–water partition coefficient (Wildman–Crippen LogP) is 8.27. The van der Waals surface area contributed by atoms with Gasteiger partial charge in [0.2, 0.25) is 0 Å². The molecule has 2 atom stereocenters. The Morgan fingerprint density at radius 1 is 0.614 bits per heavy atom. The number of quaternary nitrogens is 1. The molecule has 0 aliphatic heterocycles. The minimum atomic E-state index is -4.60. The van der Waals surface area contributed by atoms with E-state index in [1.807, 2.05) is 21.1 Å². The van der Waals surface area contributed by atoms with Crippen LogP contribution in [0.25, 0.3) is 0 Å². The van der Waals surface area contributed by atoms with Crippen LogP contribution in [0.2, 0.25) is 0 Å². The smallest absolute Gasteiger partial charge is 0.306 e. The SMILES string of the molecule is CCCCCCCCCCCCCCC(=O)O[C@H](COC(=O)CCCCCCCCCC)COP(=O)([O-])OCC[N+](C)(C)C.